The maximum atomic E-state index is 5.49. The molecule has 4 heteroatoms. The van der Waals surface area contributed by atoms with Crippen LogP contribution in [0.5, 0.6) is 11.5 Å². The summed E-state index contributed by atoms with van der Waals surface area (Å²) in [5.41, 5.74) is 13.1. The van der Waals surface area contributed by atoms with E-state index < -0.39 is 0 Å². The average Bonchev–Trinajstić information content (AvgIpc) is 2.91. The average molecular weight is 563 g/mol. The molecule has 0 aliphatic heterocycles. The Bertz CT molecular complexity index is 1620. The largest absolute Gasteiger partial charge is 0.497 e. The van der Waals surface area contributed by atoms with Gasteiger partial charge in [-0.05, 0) is 99.2 Å². The smallest absolute Gasteiger partial charge is 0.118 e. The standard InChI is InChI=1S/C36H36O2P2/c1-21-17-23(3)33(24(4)18-21)39-35-31(27-9-13-29(37-7)14-10-27)32(28-11-15-30(38-8)16-12-28)36(35)40-34-25(5)19-22(2)20-26(34)6/h9-20H,1-8H3. The molecular formula is C36H36O2P2. The lowest BCUT2D eigenvalue weighted by atomic mass is 9.90. The van der Waals surface area contributed by atoms with Gasteiger partial charge < -0.3 is 9.47 Å². The molecule has 2 nitrogen and oxygen atoms in total. The summed E-state index contributed by atoms with van der Waals surface area (Å²) in [6, 6.07) is 26.3. The fourth-order valence-corrected chi connectivity index (χ4v) is 8.48. The van der Waals surface area contributed by atoms with E-state index in [9.17, 15) is 0 Å². The molecule has 0 aromatic heterocycles. The van der Waals surface area contributed by atoms with Crippen molar-refractivity contribution in [1.29, 1.82) is 0 Å². The normalized spacial score (nSPS) is 12.3. The SMILES string of the molecule is COc1ccc(-c2c(-c3ccc(OC)cc3)c(=Pc3c(C)cc(C)cc3C)c2=Pc2c(C)cc(C)cc2C)cc1. The van der Waals surface area contributed by atoms with E-state index in [-0.39, 0.29) is 0 Å². The topological polar surface area (TPSA) is 18.5 Å². The fourth-order valence-electron chi connectivity index (χ4n) is 5.63. The lowest BCUT2D eigenvalue weighted by molar-refractivity contribution is 0.414. The molecule has 0 radical (unpaired) electrons. The van der Waals surface area contributed by atoms with Crippen LogP contribution in [-0.4, -0.2) is 14.2 Å². The molecule has 0 bridgehead atoms. The highest BCUT2D eigenvalue weighted by molar-refractivity contribution is 7.42. The summed E-state index contributed by atoms with van der Waals surface area (Å²) in [5, 5.41) is 2.79. The first kappa shape index (κ1) is 28.1. The summed E-state index contributed by atoms with van der Waals surface area (Å²) in [5.74, 6) is 1.74. The predicted molar refractivity (Wildman–Crippen MR) is 174 cm³/mol. The minimum Gasteiger partial charge on any atom is -0.497 e. The van der Waals surface area contributed by atoms with E-state index in [4.69, 9.17) is 9.47 Å². The van der Waals surface area contributed by atoms with Crippen LogP contribution in [0.1, 0.15) is 33.4 Å². The van der Waals surface area contributed by atoms with Crippen LogP contribution in [0.15, 0.2) is 72.8 Å². The third-order valence-corrected chi connectivity index (χ3v) is 10.8. The van der Waals surface area contributed by atoms with E-state index in [0.29, 0.717) is 0 Å². The molecule has 0 saturated carbocycles. The Morgan fingerprint density at radius 3 is 1.02 bits per heavy atom. The van der Waals surface area contributed by atoms with E-state index in [1.165, 1.54) is 92.5 Å². The van der Waals surface area contributed by atoms with Gasteiger partial charge in [0.25, 0.3) is 0 Å². The molecule has 0 unspecified atom stereocenters. The molecule has 202 valence electrons. The number of benzene rings is 4. The predicted octanol–water partition coefficient (Wildman–Crippen LogP) is 9.37. The van der Waals surface area contributed by atoms with E-state index in [1.54, 1.807) is 14.2 Å². The summed E-state index contributed by atoms with van der Waals surface area (Å²) in [6.45, 7) is 13.3. The second kappa shape index (κ2) is 11.6. The minimum absolute atomic E-state index is 0.868. The van der Waals surface area contributed by atoms with Gasteiger partial charge in [0.15, 0.2) is 0 Å². The van der Waals surface area contributed by atoms with Crippen molar-refractivity contribution in [3.05, 3.63) is 116 Å². The molecule has 0 aliphatic carbocycles. The zero-order chi connectivity index (χ0) is 28.6. The summed E-state index contributed by atoms with van der Waals surface area (Å²) in [6.07, 6.45) is 0. The van der Waals surface area contributed by atoms with Gasteiger partial charge in [-0.1, -0.05) is 76.1 Å². The minimum atomic E-state index is 0.868. The van der Waals surface area contributed by atoms with Crippen LogP contribution in [0.3, 0.4) is 0 Å². The van der Waals surface area contributed by atoms with Crippen molar-refractivity contribution in [2.24, 2.45) is 0 Å². The summed E-state index contributed by atoms with van der Waals surface area (Å²) in [4.78, 5) is 2.79. The molecule has 0 fully saturated rings. The molecule has 0 heterocycles. The Morgan fingerprint density at radius 1 is 0.450 bits per heavy atom. The zero-order valence-corrected chi connectivity index (χ0v) is 26.4. The monoisotopic (exact) mass is 562 g/mol. The van der Waals surface area contributed by atoms with Crippen LogP contribution in [0.2, 0.25) is 0 Å². The van der Waals surface area contributed by atoms with Crippen LogP contribution in [0.4, 0.5) is 0 Å². The first-order valence-electron chi connectivity index (χ1n) is 13.6. The van der Waals surface area contributed by atoms with Crippen molar-refractivity contribution in [2.45, 2.75) is 41.5 Å². The third kappa shape index (κ3) is 5.44. The third-order valence-electron chi connectivity index (χ3n) is 7.42. The maximum Gasteiger partial charge on any atom is 0.118 e. The van der Waals surface area contributed by atoms with Gasteiger partial charge in [-0.3, -0.25) is 0 Å². The summed E-state index contributed by atoms with van der Waals surface area (Å²) >= 11 is 0. The van der Waals surface area contributed by atoms with Crippen molar-refractivity contribution in [3.63, 3.8) is 0 Å². The van der Waals surface area contributed by atoms with Crippen molar-refractivity contribution >= 4 is 27.0 Å². The number of ether oxygens (including phenoxy) is 2. The second-order valence-corrected chi connectivity index (χ2v) is 12.9. The Morgan fingerprint density at radius 2 is 0.750 bits per heavy atom. The number of methoxy groups -OCH3 is 2. The molecule has 0 amide bonds. The van der Waals surface area contributed by atoms with Crippen molar-refractivity contribution in [2.75, 3.05) is 14.2 Å². The second-order valence-electron chi connectivity index (χ2n) is 10.6. The van der Waals surface area contributed by atoms with E-state index in [2.05, 4.69) is 114 Å². The van der Waals surface area contributed by atoms with Crippen molar-refractivity contribution < 1.29 is 9.47 Å². The molecule has 0 saturated heterocycles. The quantitative estimate of drug-likeness (QED) is 0.192. The van der Waals surface area contributed by atoms with Gasteiger partial charge in [-0.2, -0.15) is 0 Å². The Balaban J connectivity index is 1.90. The molecule has 5 aromatic carbocycles. The van der Waals surface area contributed by atoms with Crippen molar-refractivity contribution in [3.8, 4) is 33.8 Å². The summed E-state index contributed by atoms with van der Waals surface area (Å²) in [7, 11) is 5.92. The van der Waals surface area contributed by atoms with E-state index in [0.717, 1.165) is 11.5 Å². The van der Waals surface area contributed by atoms with Crippen LogP contribution in [-0.2, 0) is 0 Å². The van der Waals surface area contributed by atoms with Gasteiger partial charge >= 0.3 is 0 Å². The van der Waals surface area contributed by atoms with Crippen LogP contribution in [0, 0.1) is 51.4 Å². The van der Waals surface area contributed by atoms with Crippen LogP contribution < -0.4 is 20.1 Å². The zero-order valence-electron chi connectivity index (χ0n) is 24.6. The first-order chi connectivity index (χ1) is 19.2. The van der Waals surface area contributed by atoms with Crippen LogP contribution >= 0.6 is 16.4 Å². The molecular weight excluding hydrogens is 526 g/mol. The van der Waals surface area contributed by atoms with Gasteiger partial charge in [0, 0.05) is 31.6 Å². The maximum absolute atomic E-state index is 5.49. The van der Waals surface area contributed by atoms with Gasteiger partial charge in [0.05, 0.1) is 14.2 Å². The van der Waals surface area contributed by atoms with Gasteiger partial charge in [-0.15, -0.1) is 0 Å². The van der Waals surface area contributed by atoms with Gasteiger partial charge in [0.2, 0.25) is 0 Å². The molecule has 5 aromatic rings. The number of aryl methyl sites for hydroxylation is 6. The van der Waals surface area contributed by atoms with Gasteiger partial charge in [0.1, 0.15) is 11.5 Å². The van der Waals surface area contributed by atoms with Crippen LogP contribution in [0.25, 0.3) is 22.3 Å². The number of rotatable bonds is 6. The molecule has 0 N–H and O–H groups in total. The Hall–Kier alpha value is -3.44. The van der Waals surface area contributed by atoms with Crippen molar-refractivity contribution in [1.82, 2.24) is 0 Å². The fraction of sp³-hybridized carbons (Fsp3) is 0.222. The Labute approximate surface area is 241 Å². The molecule has 40 heavy (non-hydrogen) atoms. The number of hydrogen-bond acceptors (Lipinski definition) is 2. The lowest BCUT2D eigenvalue weighted by Gasteiger charge is -2.20. The highest BCUT2D eigenvalue weighted by Gasteiger charge is 2.21. The lowest BCUT2D eigenvalue weighted by Crippen LogP contribution is -2.07. The highest BCUT2D eigenvalue weighted by atomic mass is 31.1. The summed E-state index contributed by atoms with van der Waals surface area (Å²) < 4.78 is 11.0. The molecule has 0 aliphatic rings. The van der Waals surface area contributed by atoms with E-state index >= 15 is 0 Å². The highest BCUT2D eigenvalue weighted by Crippen LogP contribution is 2.44. The number of hydrogen-bond donors (Lipinski definition) is 0. The Kier molecular flexibility index (Phi) is 8.14. The molecule has 0 atom stereocenters. The van der Waals surface area contributed by atoms with Gasteiger partial charge in [-0.25, -0.2) is 0 Å². The molecule has 0 spiro atoms. The van der Waals surface area contributed by atoms with E-state index in [1.807, 2.05) is 0 Å². The first-order valence-corrected chi connectivity index (χ1v) is 15.4. The molecule has 5 rings (SSSR count).